The summed E-state index contributed by atoms with van der Waals surface area (Å²) >= 11 is 0. The van der Waals surface area contributed by atoms with Gasteiger partial charge in [0.15, 0.2) is 0 Å². The Hall–Kier alpha value is -1.43. The van der Waals surface area contributed by atoms with E-state index in [2.05, 4.69) is 65.9 Å². The van der Waals surface area contributed by atoms with E-state index >= 15 is 0 Å². The molecule has 1 aromatic rings. The van der Waals surface area contributed by atoms with Crippen molar-refractivity contribution in [1.82, 2.24) is 5.32 Å². The van der Waals surface area contributed by atoms with E-state index in [4.69, 9.17) is 14.2 Å². The van der Waals surface area contributed by atoms with Crippen molar-refractivity contribution < 1.29 is 19.0 Å². The Bertz CT molecular complexity index is 657. The minimum Gasteiger partial charge on any atom is -0.469 e. The molecule has 5 heteroatoms. The van der Waals surface area contributed by atoms with Crippen molar-refractivity contribution in [2.24, 2.45) is 11.3 Å². The van der Waals surface area contributed by atoms with Crippen LogP contribution in [-0.4, -0.2) is 43.5 Å². The summed E-state index contributed by atoms with van der Waals surface area (Å²) in [6, 6.07) is 10.4. The van der Waals surface area contributed by atoms with Gasteiger partial charge in [0.2, 0.25) is 0 Å². The van der Waals surface area contributed by atoms with E-state index in [1.165, 1.54) is 12.7 Å². The van der Waals surface area contributed by atoms with E-state index in [1.807, 2.05) is 18.2 Å². The number of ether oxygens (including phenoxy) is 3. The molecule has 1 aliphatic carbocycles. The van der Waals surface area contributed by atoms with Crippen LogP contribution in [0.5, 0.6) is 0 Å². The van der Waals surface area contributed by atoms with Gasteiger partial charge in [0.05, 0.1) is 37.4 Å². The topological polar surface area (TPSA) is 56.8 Å². The molecule has 1 fully saturated rings. The lowest BCUT2D eigenvalue weighted by Gasteiger charge is -2.35. The summed E-state index contributed by atoms with van der Waals surface area (Å²) in [7, 11) is 1.47. The normalized spacial score (nSPS) is 22.7. The molecule has 0 spiro atoms. The fraction of sp³-hybridized carbons (Fsp3) is 0.720. The number of nitrogens with one attached hydrogen (secondary N) is 1. The molecule has 0 aliphatic heterocycles. The van der Waals surface area contributed by atoms with Gasteiger partial charge in [-0.25, -0.2) is 0 Å². The van der Waals surface area contributed by atoms with Gasteiger partial charge in [0.25, 0.3) is 0 Å². The summed E-state index contributed by atoms with van der Waals surface area (Å²) in [5, 5.41) is 3.70. The molecule has 3 atom stereocenters. The third-order valence-electron chi connectivity index (χ3n) is 5.68. The van der Waals surface area contributed by atoms with Crippen molar-refractivity contribution in [1.29, 1.82) is 0 Å². The lowest BCUT2D eigenvalue weighted by atomic mass is 9.86. The summed E-state index contributed by atoms with van der Waals surface area (Å²) in [4.78, 5) is 12.7. The molecule has 0 saturated heterocycles. The Morgan fingerprint density at radius 3 is 2.03 bits per heavy atom. The van der Waals surface area contributed by atoms with Crippen LogP contribution in [0.1, 0.15) is 72.9 Å². The van der Waals surface area contributed by atoms with E-state index in [-0.39, 0.29) is 40.6 Å². The van der Waals surface area contributed by atoms with Gasteiger partial charge in [-0.05, 0) is 66.9 Å². The maximum absolute atomic E-state index is 12.7. The molecular weight excluding hydrogens is 378 g/mol. The molecule has 0 bridgehead atoms. The van der Waals surface area contributed by atoms with Crippen molar-refractivity contribution in [3.05, 3.63) is 35.9 Å². The molecule has 0 amide bonds. The Balaban J connectivity index is 2.25. The molecule has 1 N–H and O–H groups in total. The van der Waals surface area contributed by atoms with Gasteiger partial charge in [0, 0.05) is 17.5 Å². The second-order valence-electron chi connectivity index (χ2n) is 10.7. The molecule has 2 rings (SSSR count). The van der Waals surface area contributed by atoms with Crippen LogP contribution in [0.2, 0.25) is 0 Å². The number of hydrogen-bond donors (Lipinski definition) is 1. The first-order valence-electron chi connectivity index (χ1n) is 11.0. The molecule has 170 valence electrons. The standard InChI is InChI=1S/C25H41NO4/c1-18(19-12-10-9-11-13-19)26-21-15-25(16-29-23(2,3)4,17-30-24(5,6)7)14-20(21)22(27)28-8/h9-13,18,20-21,26H,14-17H2,1-8H3. The average molecular weight is 420 g/mol. The van der Waals surface area contributed by atoms with Crippen LogP contribution in [-0.2, 0) is 19.0 Å². The largest absolute Gasteiger partial charge is 0.469 e. The Kier molecular flexibility index (Phi) is 8.11. The van der Waals surface area contributed by atoms with Gasteiger partial charge in [-0.2, -0.15) is 0 Å². The van der Waals surface area contributed by atoms with Crippen molar-refractivity contribution in [3.63, 3.8) is 0 Å². The van der Waals surface area contributed by atoms with Crippen molar-refractivity contribution >= 4 is 5.97 Å². The second-order valence-corrected chi connectivity index (χ2v) is 10.7. The highest BCUT2D eigenvalue weighted by atomic mass is 16.5. The average Bonchev–Trinajstić information content (AvgIpc) is 3.03. The highest BCUT2D eigenvalue weighted by molar-refractivity contribution is 5.73. The van der Waals surface area contributed by atoms with E-state index in [1.54, 1.807) is 0 Å². The number of carbonyl (C=O) groups excluding carboxylic acids is 1. The van der Waals surface area contributed by atoms with Crippen LogP contribution >= 0.6 is 0 Å². The van der Waals surface area contributed by atoms with Crippen LogP contribution in [0.3, 0.4) is 0 Å². The zero-order valence-corrected chi connectivity index (χ0v) is 20.1. The first kappa shape index (κ1) is 24.8. The minimum atomic E-state index is -0.252. The first-order chi connectivity index (χ1) is 13.8. The third-order valence-corrected chi connectivity index (χ3v) is 5.68. The lowest BCUT2D eigenvalue weighted by molar-refractivity contribution is -0.147. The van der Waals surface area contributed by atoms with E-state index in [0.717, 1.165) is 6.42 Å². The SMILES string of the molecule is COC(=O)C1CC(COC(C)(C)C)(COC(C)(C)C)CC1NC(C)c1ccccc1. The van der Waals surface area contributed by atoms with Crippen LogP contribution in [0.4, 0.5) is 0 Å². The van der Waals surface area contributed by atoms with Crippen LogP contribution < -0.4 is 5.32 Å². The molecule has 30 heavy (non-hydrogen) atoms. The van der Waals surface area contributed by atoms with E-state index in [0.29, 0.717) is 19.6 Å². The number of benzene rings is 1. The van der Waals surface area contributed by atoms with Crippen LogP contribution in [0, 0.1) is 11.3 Å². The van der Waals surface area contributed by atoms with Gasteiger partial charge >= 0.3 is 5.97 Å². The van der Waals surface area contributed by atoms with E-state index < -0.39 is 0 Å². The summed E-state index contributed by atoms with van der Waals surface area (Å²) in [6.45, 7) is 15.6. The Morgan fingerprint density at radius 2 is 1.57 bits per heavy atom. The number of methoxy groups -OCH3 is 1. The number of carbonyl (C=O) groups is 1. The number of rotatable bonds is 8. The predicted octanol–water partition coefficient (Wildman–Crippen LogP) is 4.91. The maximum atomic E-state index is 12.7. The fourth-order valence-electron chi connectivity index (χ4n) is 4.05. The second kappa shape index (κ2) is 9.80. The van der Waals surface area contributed by atoms with Gasteiger partial charge in [-0.15, -0.1) is 0 Å². The zero-order valence-electron chi connectivity index (χ0n) is 20.1. The first-order valence-corrected chi connectivity index (χ1v) is 11.0. The molecule has 5 nitrogen and oxygen atoms in total. The summed E-state index contributed by atoms with van der Waals surface area (Å²) in [5.74, 6) is -0.394. The van der Waals surface area contributed by atoms with Crippen LogP contribution in [0.15, 0.2) is 30.3 Å². The van der Waals surface area contributed by atoms with Crippen molar-refractivity contribution in [2.45, 2.75) is 84.6 Å². The van der Waals surface area contributed by atoms with Crippen molar-refractivity contribution in [3.8, 4) is 0 Å². The molecule has 1 aliphatic rings. The molecule has 0 heterocycles. The van der Waals surface area contributed by atoms with Gasteiger partial charge in [0.1, 0.15) is 0 Å². The monoisotopic (exact) mass is 419 g/mol. The molecule has 1 saturated carbocycles. The van der Waals surface area contributed by atoms with Gasteiger partial charge in [-0.3, -0.25) is 4.79 Å². The molecule has 0 aromatic heterocycles. The summed E-state index contributed by atoms with van der Waals surface area (Å²) in [5.41, 5.74) is 0.458. The third kappa shape index (κ3) is 7.36. The summed E-state index contributed by atoms with van der Waals surface area (Å²) < 4.78 is 17.6. The van der Waals surface area contributed by atoms with Gasteiger partial charge < -0.3 is 19.5 Å². The lowest BCUT2D eigenvalue weighted by Crippen LogP contribution is -2.39. The number of hydrogen-bond acceptors (Lipinski definition) is 5. The highest BCUT2D eigenvalue weighted by Gasteiger charge is 2.50. The minimum absolute atomic E-state index is 0.000192. The summed E-state index contributed by atoms with van der Waals surface area (Å²) in [6.07, 6.45) is 1.49. The predicted molar refractivity (Wildman–Crippen MR) is 120 cm³/mol. The highest BCUT2D eigenvalue weighted by Crippen LogP contribution is 2.45. The molecule has 1 aromatic carbocycles. The smallest absolute Gasteiger partial charge is 0.310 e. The Morgan fingerprint density at radius 1 is 1.03 bits per heavy atom. The van der Waals surface area contributed by atoms with Gasteiger partial charge in [-0.1, -0.05) is 30.3 Å². The quantitative estimate of drug-likeness (QED) is 0.607. The van der Waals surface area contributed by atoms with Crippen molar-refractivity contribution in [2.75, 3.05) is 20.3 Å². The molecule has 3 unspecified atom stereocenters. The molecule has 0 radical (unpaired) electrons. The van der Waals surface area contributed by atoms with E-state index in [9.17, 15) is 4.79 Å². The zero-order chi connectivity index (χ0) is 22.6. The molecular formula is C25H41NO4. The van der Waals surface area contributed by atoms with Crippen LogP contribution in [0.25, 0.3) is 0 Å². The fourth-order valence-corrected chi connectivity index (χ4v) is 4.05. The Labute approximate surface area is 182 Å². The number of esters is 1. The maximum Gasteiger partial charge on any atom is 0.310 e.